The standard InChI is InChI=1S/C10H15ClN2O3S/c1-16-9-2-3-13(7-9)17(14,15)10-4-8(5-11)12-6-10/h4,6,9,12H,2-3,5,7H2,1H3. The van der Waals surface area contributed by atoms with Crippen LogP contribution in [0.25, 0.3) is 0 Å². The minimum atomic E-state index is -3.41. The summed E-state index contributed by atoms with van der Waals surface area (Å²) < 4.78 is 31.1. The van der Waals surface area contributed by atoms with Crippen molar-refractivity contribution in [3.63, 3.8) is 0 Å². The van der Waals surface area contributed by atoms with E-state index in [0.29, 0.717) is 18.8 Å². The Kier molecular flexibility index (Phi) is 3.77. The van der Waals surface area contributed by atoms with Gasteiger partial charge in [0.25, 0.3) is 0 Å². The van der Waals surface area contributed by atoms with Gasteiger partial charge in [0.15, 0.2) is 0 Å². The molecule has 0 radical (unpaired) electrons. The van der Waals surface area contributed by atoms with Crippen molar-refractivity contribution < 1.29 is 13.2 Å². The summed E-state index contributed by atoms with van der Waals surface area (Å²) in [6, 6.07) is 1.57. The third-order valence-electron chi connectivity index (χ3n) is 2.94. The molecule has 0 aliphatic carbocycles. The van der Waals surface area contributed by atoms with Crippen molar-refractivity contribution in [2.45, 2.75) is 23.3 Å². The maximum atomic E-state index is 12.2. The van der Waals surface area contributed by atoms with E-state index in [9.17, 15) is 8.42 Å². The normalized spacial score (nSPS) is 22.1. The number of hydrogen-bond donors (Lipinski definition) is 1. The zero-order chi connectivity index (χ0) is 12.5. The molecule has 0 aromatic carbocycles. The molecule has 1 unspecified atom stereocenters. The van der Waals surface area contributed by atoms with Crippen LogP contribution >= 0.6 is 11.6 Å². The topological polar surface area (TPSA) is 62.4 Å². The van der Waals surface area contributed by atoms with E-state index in [0.717, 1.165) is 6.42 Å². The van der Waals surface area contributed by atoms with Crippen LogP contribution in [0.15, 0.2) is 17.2 Å². The van der Waals surface area contributed by atoms with Crippen LogP contribution in [-0.4, -0.2) is 44.0 Å². The van der Waals surface area contributed by atoms with Crippen LogP contribution in [0.5, 0.6) is 0 Å². The highest BCUT2D eigenvalue weighted by atomic mass is 35.5. The number of hydrogen-bond acceptors (Lipinski definition) is 3. The van der Waals surface area contributed by atoms with Gasteiger partial charge < -0.3 is 9.72 Å². The number of methoxy groups -OCH3 is 1. The second-order valence-corrected chi connectivity index (χ2v) is 6.21. The summed E-state index contributed by atoms with van der Waals surface area (Å²) in [5.41, 5.74) is 0.702. The van der Waals surface area contributed by atoms with Gasteiger partial charge in [-0.2, -0.15) is 4.31 Å². The van der Waals surface area contributed by atoms with E-state index in [4.69, 9.17) is 16.3 Å². The van der Waals surface area contributed by atoms with Crippen LogP contribution in [0.1, 0.15) is 12.1 Å². The lowest BCUT2D eigenvalue weighted by Crippen LogP contribution is -2.29. The van der Waals surface area contributed by atoms with E-state index in [1.165, 1.54) is 10.5 Å². The number of nitrogens with one attached hydrogen (secondary N) is 1. The molecule has 0 saturated carbocycles. The molecule has 2 rings (SSSR count). The number of aromatic amines is 1. The highest BCUT2D eigenvalue weighted by Gasteiger charge is 2.32. The average molecular weight is 279 g/mol. The van der Waals surface area contributed by atoms with E-state index in [2.05, 4.69) is 4.98 Å². The van der Waals surface area contributed by atoms with Gasteiger partial charge in [0, 0.05) is 32.1 Å². The molecular formula is C10H15ClN2O3S. The molecule has 1 aliphatic rings. The van der Waals surface area contributed by atoms with Crippen molar-refractivity contribution >= 4 is 21.6 Å². The number of aromatic nitrogens is 1. The zero-order valence-electron chi connectivity index (χ0n) is 9.52. The Morgan fingerprint density at radius 3 is 2.94 bits per heavy atom. The molecule has 1 fully saturated rings. The molecule has 0 amide bonds. The van der Waals surface area contributed by atoms with E-state index < -0.39 is 10.0 Å². The van der Waals surface area contributed by atoms with E-state index >= 15 is 0 Å². The Balaban J connectivity index is 2.19. The molecule has 1 N–H and O–H groups in total. The van der Waals surface area contributed by atoms with Crippen molar-refractivity contribution in [3.05, 3.63) is 18.0 Å². The minimum absolute atomic E-state index is 0.00351. The van der Waals surface area contributed by atoms with Crippen LogP contribution in [0, 0.1) is 0 Å². The van der Waals surface area contributed by atoms with Gasteiger partial charge >= 0.3 is 0 Å². The molecule has 96 valence electrons. The molecule has 0 bridgehead atoms. The summed E-state index contributed by atoms with van der Waals surface area (Å²) in [6.07, 6.45) is 2.21. The van der Waals surface area contributed by atoms with Gasteiger partial charge in [-0.05, 0) is 12.5 Å². The Morgan fingerprint density at radius 2 is 2.41 bits per heavy atom. The first-order valence-corrected chi connectivity index (χ1v) is 7.31. The summed E-state index contributed by atoms with van der Waals surface area (Å²) in [7, 11) is -1.81. The third-order valence-corrected chi connectivity index (χ3v) is 5.07. The van der Waals surface area contributed by atoms with Gasteiger partial charge in [-0.3, -0.25) is 0 Å². The van der Waals surface area contributed by atoms with E-state index in [1.54, 1.807) is 13.2 Å². The molecule has 5 nitrogen and oxygen atoms in total. The predicted molar refractivity (Wildman–Crippen MR) is 64.5 cm³/mol. The Hall–Kier alpha value is -0.560. The molecule has 0 spiro atoms. The monoisotopic (exact) mass is 278 g/mol. The fourth-order valence-corrected chi connectivity index (χ4v) is 3.56. The zero-order valence-corrected chi connectivity index (χ0v) is 11.1. The quantitative estimate of drug-likeness (QED) is 0.841. The number of sulfonamides is 1. The maximum absolute atomic E-state index is 12.2. The van der Waals surface area contributed by atoms with Gasteiger partial charge in [0.2, 0.25) is 10.0 Å². The van der Waals surface area contributed by atoms with Gasteiger partial charge in [-0.15, -0.1) is 11.6 Å². The average Bonchev–Trinajstić information content (AvgIpc) is 2.98. The Bertz CT molecular complexity index is 485. The number of nitrogens with zero attached hydrogens (tertiary/aromatic N) is 1. The molecule has 1 saturated heterocycles. The van der Waals surface area contributed by atoms with Crippen molar-refractivity contribution in [3.8, 4) is 0 Å². The molecule has 1 aromatic heterocycles. The first-order valence-electron chi connectivity index (χ1n) is 5.34. The summed E-state index contributed by atoms with van der Waals surface area (Å²) in [6.45, 7) is 0.919. The summed E-state index contributed by atoms with van der Waals surface area (Å²) >= 11 is 5.64. The maximum Gasteiger partial charge on any atom is 0.244 e. The van der Waals surface area contributed by atoms with Crippen molar-refractivity contribution in [2.24, 2.45) is 0 Å². The van der Waals surface area contributed by atoms with Crippen LogP contribution in [-0.2, 0) is 20.6 Å². The van der Waals surface area contributed by atoms with E-state index in [-0.39, 0.29) is 16.9 Å². The molecule has 2 heterocycles. The van der Waals surface area contributed by atoms with Crippen LogP contribution < -0.4 is 0 Å². The lowest BCUT2D eigenvalue weighted by atomic mass is 10.3. The van der Waals surface area contributed by atoms with E-state index in [1.807, 2.05) is 0 Å². The van der Waals surface area contributed by atoms with Gasteiger partial charge in [0.1, 0.15) is 0 Å². The number of alkyl halides is 1. The highest BCUT2D eigenvalue weighted by molar-refractivity contribution is 7.89. The second kappa shape index (κ2) is 4.97. The first-order chi connectivity index (χ1) is 8.07. The van der Waals surface area contributed by atoms with Crippen molar-refractivity contribution in [2.75, 3.05) is 20.2 Å². The molecule has 1 aromatic rings. The fourth-order valence-electron chi connectivity index (χ4n) is 1.90. The predicted octanol–water partition coefficient (Wildman–Crippen LogP) is 1.16. The molecular weight excluding hydrogens is 264 g/mol. The first kappa shape index (κ1) is 12.9. The number of H-pyrrole nitrogens is 1. The van der Waals surface area contributed by atoms with Crippen LogP contribution in [0.4, 0.5) is 0 Å². The SMILES string of the molecule is COC1CCN(S(=O)(=O)c2c[nH]c(CCl)c2)C1. The smallest absolute Gasteiger partial charge is 0.244 e. The minimum Gasteiger partial charge on any atom is -0.380 e. The summed E-state index contributed by atoms with van der Waals surface area (Å²) in [4.78, 5) is 3.11. The van der Waals surface area contributed by atoms with Crippen LogP contribution in [0.2, 0.25) is 0 Å². The molecule has 7 heteroatoms. The van der Waals surface area contributed by atoms with Crippen molar-refractivity contribution in [1.82, 2.24) is 9.29 Å². The van der Waals surface area contributed by atoms with Crippen LogP contribution in [0.3, 0.4) is 0 Å². The lowest BCUT2D eigenvalue weighted by Gasteiger charge is -2.14. The lowest BCUT2D eigenvalue weighted by molar-refractivity contribution is 0.115. The van der Waals surface area contributed by atoms with Gasteiger partial charge in [0.05, 0.1) is 16.9 Å². The largest absolute Gasteiger partial charge is 0.380 e. The van der Waals surface area contributed by atoms with Gasteiger partial charge in [-0.25, -0.2) is 8.42 Å². The molecule has 1 atom stereocenters. The summed E-state index contributed by atoms with van der Waals surface area (Å²) in [5.74, 6) is 0.274. The Labute approximate surface area is 106 Å². The Morgan fingerprint density at radius 1 is 1.65 bits per heavy atom. The molecule has 1 aliphatic heterocycles. The molecule has 17 heavy (non-hydrogen) atoms. The number of halogens is 1. The fraction of sp³-hybridized carbons (Fsp3) is 0.600. The summed E-state index contributed by atoms with van der Waals surface area (Å²) in [5, 5.41) is 0. The number of rotatable bonds is 4. The number of ether oxygens (including phenoxy) is 1. The second-order valence-electron chi connectivity index (χ2n) is 4.00. The van der Waals surface area contributed by atoms with Crippen molar-refractivity contribution in [1.29, 1.82) is 0 Å². The highest BCUT2D eigenvalue weighted by Crippen LogP contribution is 2.23. The third kappa shape index (κ3) is 2.49. The van der Waals surface area contributed by atoms with Gasteiger partial charge in [-0.1, -0.05) is 0 Å².